The predicted octanol–water partition coefficient (Wildman–Crippen LogP) is 2.62. The number of benzene rings is 1. The Kier molecular flexibility index (Phi) is 4.41. The third-order valence-corrected chi connectivity index (χ3v) is 2.94. The van der Waals surface area contributed by atoms with Crippen LogP contribution in [0.1, 0.15) is 19.5 Å². The molecular weight excluding hydrogens is 286 g/mol. The molecule has 2 aromatic rings. The van der Waals surface area contributed by atoms with Crippen LogP contribution in [0.25, 0.3) is 16.5 Å². The number of aromatic nitrogens is 1. The van der Waals surface area contributed by atoms with Crippen molar-refractivity contribution in [3.05, 3.63) is 41.8 Å². The van der Waals surface area contributed by atoms with E-state index in [-0.39, 0.29) is 22.8 Å². The van der Waals surface area contributed by atoms with Gasteiger partial charge in [-0.1, -0.05) is 18.2 Å². The summed E-state index contributed by atoms with van der Waals surface area (Å²) in [6, 6.07) is 8.44. The Bertz CT molecular complexity index is 775. The summed E-state index contributed by atoms with van der Waals surface area (Å²) in [6.45, 7) is 2.66. The molecule has 0 fully saturated rings. The summed E-state index contributed by atoms with van der Waals surface area (Å²) in [5.41, 5.74) is 0.610. The maximum atomic E-state index is 11.8. The average Bonchev–Trinajstić information content (AvgIpc) is 2.47. The first-order valence-electron chi connectivity index (χ1n) is 6.50. The number of fused-ring (bicyclic) bond motifs is 1. The highest BCUT2D eigenvalue weighted by molar-refractivity contribution is 6.16. The van der Waals surface area contributed by atoms with Gasteiger partial charge in [0, 0.05) is 12.3 Å². The van der Waals surface area contributed by atoms with Gasteiger partial charge >= 0.3 is 11.9 Å². The summed E-state index contributed by atoms with van der Waals surface area (Å²) in [4.78, 5) is 27.3. The molecule has 0 aliphatic carbocycles. The molecule has 1 heterocycles. The molecule has 0 saturated heterocycles. The zero-order valence-electron chi connectivity index (χ0n) is 12.4. The topological polar surface area (TPSA) is 85.7 Å². The van der Waals surface area contributed by atoms with E-state index < -0.39 is 11.9 Å². The third kappa shape index (κ3) is 3.06. The number of nitrogens with zero attached hydrogens (tertiary/aromatic N) is 1. The summed E-state index contributed by atoms with van der Waals surface area (Å²) in [7, 11) is 1.22. The van der Waals surface area contributed by atoms with Crippen molar-refractivity contribution in [2.45, 2.75) is 13.8 Å². The maximum Gasteiger partial charge on any atom is 0.343 e. The fourth-order valence-electron chi connectivity index (χ4n) is 2.04. The van der Waals surface area contributed by atoms with E-state index in [0.717, 1.165) is 5.39 Å². The number of para-hydroxylation sites is 1. The first-order chi connectivity index (χ1) is 10.4. The smallest absolute Gasteiger partial charge is 0.343 e. The van der Waals surface area contributed by atoms with E-state index in [1.54, 1.807) is 30.3 Å². The maximum absolute atomic E-state index is 11.8. The van der Waals surface area contributed by atoms with Gasteiger partial charge in [0.1, 0.15) is 16.8 Å². The first-order valence-corrected chi connectivity index (χ1v) is 6.50. The summed E-state index contributed by atoms with van der Waals surface area (Å²) in [5, 5.41) is 10.4. The Morgan fingerprint density at radius 3 is 2.45 bits per heavy atom. The van der Waals surface area contributed by atoms with E-state index in [4.69, 9.17) is 4.74 Å². The zero-order valence-corrected chi connectivity index (χ0v) is 12.4. The van der Waals surface area contributed by atoms with Crippen molar-refractivity contribution in [3.8, 4) is 5.75 Å². The van der Waals surface area contributed by atoms with Crippen LogP contribution in [0.4, 0.5) is 0 Å². The molecule has 0 unspecified atom stereocenters. The molecule has 0 radical (unpaired) electrons. The van der Waals surface area contributed by atoms with Gasteiger partial charge in [0.2, 0.25) is 0 Å². The van der Waals surface area contributed by atoms with Crippen molar-refractivity contribution in [2.24, 2.45) is 0 Å². The molecule has 0 aliphatic rings. The van der Waals surface area contributed by atoms with Gasteiger partial charge < -0.3 is 14.6 Å². The van der Waals surface area contributed by atoms with Crippen LogP contribution in [-0.4, -0.2) is 29.1 Å². The normalized spacial score (nSPS) is 11.8. The molecule has 0 spiro atoms. The average molecular weight is 301 g/mol. The van der Waals surface area contributed by atoms with Crippen LogP contribution in [0, 0.1) is 0 Å². The van der Waals surface area contributed by atoms with E-state index in [9.17, 15) is 14.7 Å². The lowest BCUT2D eigenvalue weighted by Crippen LogP contribution is -2.08. The van der Waals surface area contributed by atoms with Gasteiger partial charge in [-0.05, 0) is 19.1 Å². The van der Waals surface area contributed by atoms with Gasteiger partial charge in [-0.15, -0.1) is 0 Å². The second kappa shape index (κ2) is 6.26. The van der Waals surface area contributed by atoms with E-state index in [1.165, 1.54) is 21.0 Å². The zero-order chi connectivity index (χ0) is 16.3. The van der Waals surface area contributed by atoms with Crippen molar-refractivity contribution >= 4 is 28.4 Å². The van der Waals surface area contributed by atoms with E-state index in [0.29, 0.717) is 5.52 Å². The number of methoxy groups -OCH3 is 1. The highest BCUT2D eigenvalue weighted by atomic mass is 16.5. The molecule has 1 N–H and O–H groups in total. The second-order valence-corrected chi connectivity index (χ2v) is 4.57. The Labute approximate surface area is 127 Å². The lowest BCUT2D eigenvalue weighted by molar-refractivity contribution is -0.134. The monoisotopic (exact) mass is 301 g/mol. The highest BCUT2D eigenvalue weighted by Crippen LogP contribution is 2.27. The van der Waals surface area contributed by atoms with Crippen LogP contribution in [0.5, 0.6) is 5.75 Å². The fourth-order valence-corrected chi connectivity index (χ4v) is 2.04. The fraction of sp³-hybridized carbons (Fsp3) is 0.188. The minimum atomic E-state index is -0.697. The number of aliphatic hydroxyl groups excluding tert-OH is 1. The molecule has 1 aromatic carbocycles. The molecule has 6 nitrogen and oxygen atoms in total. The highest BCUT2D eigenvalue weighted by Gasteiger charge is 2.19. The van der Waals surface area contributed by atoms with Crippen molar-refractivity contribution < 1.29 is 24.2 Å². The lowest BCUT2D eigenvalue weighted by Gasteiger charge is -2.09. The second-order valence-electron chi connectivity index (χ2n) is 4.57. The van der Waals surface area contributed by atoms with Crippen LogP contribution in [0.2, 0.25) is 0 Å². The number of allylic oxidation sites excluding steroid dienone is 1. The third-order valence-electron chi connectivity index (χ3n) is 2.94. The Morgan fingerprint density at radius 1 is 1.14 bits per heavy atom. The molecule has 0 aliphatic heterocycles. The number of hydrogen-bond donors (Lipinski definition) is 1. The van der Waals surface area contributed by atoms with Crippen molar-refractivity contribution in [3.63, 3.8) is 0 Å². The lowest BCUT2D eigenvalue weighted by atomic mass is 10.1. The van der Waals surface area contributed by atoms with Crippen LogP contribution in [0.3, 0.4) is 0 Å². The number of esters is 2. The number of rotatable bonds is 3. The summed E-state index contributed by atoms with van der Waals surface area (Å²) in [6.07, 6.45) is 0. The Hall–Kier alpha value is -2.89. The molecule has 22 heavy (non-hydrogen) atoms. The van der Waals surface area contributed by atoms with E-state index in [2.05, 4.69) is 9.72 Å². The minimum Gasteiger partial charge on any atom is -0.512 e. The predicted molar refractivity (Wildman–Crippen MR) is 80.3 cm³/mol. The van der Waals surface area contributed by atoms with Crippen molar-refractivity contribution in [1.29, 1.82) is 0 Å². The van der Waals surface area contributed by atoms with Crippen LogP contribution >= 0.6 is 0 Å². The quantitative estimate of drug-likeness (QED) is 0.406. The standard InChI is InChI=1S/C16H15NO5/c1-9(18)14(16(20)21-3)12-8-7-11-5-4-6-13(15(11)17-12)22-10(2)19/h4-8,18H,1-3H3/b14-9-. The largest absolute Gasteiger partial charge is 0.512 e. The number of aliphatic hydroxyl groups is 1. The molecule has 6 heteroatoms. The molecule has 1 aromatic heterocycles. The molecular formula is C16H15NO5. The molecule has 0 saturated carbocycles. The number of carbonyl (C=O) groups is 2. The van der Waals surface area contributed by atoms with Gasteiger partial charge in [-0.2, -0.15) is 0 Å². The minimum absolute atomic E-state index is 0.0398. The van der Waals surface area contributed by atoms with Gasteiger partial charge in [0.15, 0.2) is 5.75 Å². The first kappa shape index (κ1) is 15.5. The van der Waals surface area contributed by atoms with Crippen LogP contribution in [0.15, 0.2) is 36.1 Å². The van der Waals surface area contributed by atoms with Crippen LogP contribution < -0.4 is 4.74 Å². The molecule has 0 amide bonds. The number of hydrogen-bond acceptors (Lipinski definition) is 6. The molecule has 2 rings (SSSR count). The SMILES string of the molecule is COC(=O)/C(=C(/C)O)c1ccc2cccc(OC(C)=O)c2n1. The summed E-state index contributed by atoms with van der Waals surface area (Å²) in [5.74, 6) is -1.09. The van der Waals surface area contributed by atoms with E-state index in [1.807, 2.05) is 0 Å². The molecule has 0 atom stereocenters. The molecule has 0 bridgehead atoms. The van der Waals surface area contributed by atoms with E-state index >= 15 is 0 Å². The Balaban J connectivity index is 2.65. The van der Waals surface area contributed by atoms with Gasteiger partial charge in [0.25, 0.3) is 0 Å². The van der Waals surface area contributed by atoms with Crippen molar-refractivity contribution in [2.75, 3.05) is 7.11 Å². The Morgan fingerprint density at radius 2 is 1.86 bits per heavy atom. The molecule has 114 valence electrons. The van der Waals surface area contributed by atoms with Gasteiger partial charge in [-0.25, -0.2) is 9.78 Å². The summed E-state index contributed by atoms with van der Waals surface area (Å²) < 4.78 is 9.77. The van der Waals surface area contributed by atoms with Gasteiger partial charge in [0.05, 0.1) is 12.8 Å². The van der Waals surface area contributed by atoms with Gasteiger partial charge in [-0.3, -0.25) is 4.79 Å². The van der Waals surface area contributed by atoms with Crippen LogP contribution in [-0.2, 0) is 14.3 Å². The number of pyridine rings is 1. The number of carbonyl (C=O) groups excluding carboxylic acids is 2. The number of ether oxygens (including phenoxy) is 2. The summed E-state index contributed by atoms with van der Waals surface area (Å²) >= 11 is 0. The van der Waals surface area contributed by atoms with Crippen molar-refractivity contribution in [1.82, 2.24) is 4.98 Å².